The smallest absolute Gasteiger partial charge is 0.142 e. The number of benzene rings is 8. The molecule has 0 fully saturated rings. The topological polar surface area (TPSA) is 26.3 Å². The van der Waals surface area contributed by atoms with Gasteiger partial charge >= 0.3 is 0 Å². The molecular weight excluding hydrogens is 536 g/mol. The van der Waals surface area contributed by atoms with Gasteiger partial charge in [-0.3, -0.25) is 0 Å². The first-order chi connectivity index (χ1) is 21.8. The van der Waals surface area contributed by atoms with Crippen molar-refractivity contribution in [3.05, 3.63) is 146 Å². The summed E-state index contributed by atoms with van der Waals surface area (Å²) in [5, 5.41) is 12.9. The van der Waals surface area contributed by atoms with Gasteiger partial charge in [0.25, 0.3) is 0 Å². The van der Waals surface area contributed by atoms with Crippen LogP contribution in [-0.4, -0.2) is 0 Å². The van der Waals surface area contributed by atoms with Crippen LogP contribution >= 0.6 is 0 Å². The third kappa shape index (κ3) is 3.20. The van der Waals surface area contributed by atoms with Gasteiger partial charge < -0.3 is 8.83 Å². The average molecular weight is 561 g/mol. The van der Waals surface area contributed by atoms with Gasteiger partial charge in [-0.2, -0.15) is 0 Å². The molecule has 44 heavy (non-hydrogen) atoms. The van der Waals surface area contributed by atoms with E-state index in [-0.39, 0.29) is 0 Å². The Morgan fingerprint density at radius 2 is 0.886 bits per heavy atom. The predicted octanol–water partition coefficient (Wildman–Crippen LogP) is 12.3. The van der Waals surface area contributed by atoms with Gasteiger partial charge in [0.05, 0.1) is 0 Å². The Kier molecular flexibility index (Phi) is 4.75. The molecule has 0 saturated heterocycles. The lowest BCUT2D eigenvalue weighted by atomic mass is 9.86. The standard InChI is InChI=1S/C42H24O2/c1-3-12-28-25(10-1)22-23-36-40(28)41-34(18-9-19-35(41)43-36)38-30-14-5-7-16-32(30)39(33-17-8-6-15-31(33)38)37-24-27-21-20-26-11-2-4-13-29(26)42(27)44-37/h1-24H. The van der Waals surface area contributed by atoms with Gasteiger partial charge in [-0.25, -0.2) is 0 Å². The first kappa shape index (κ1) is 23.7. The molecule has 10 rings (SSSR count). The minimum Gasteiger partial charge on any atom is -0.456 e. The van der Waals surface area contributed by atoms with Crippen molar-refractivity contribution in [1.29, 1.82) is 0 Å². The molecule has 0 spiro atoms. The molecule has 0 aliphatic rings. The second-order valence-corrected chi connectivity index (χ2v) is 11.6. The molecule has 0 N–H and O–H groups in total. The van der Waals surface area contributed by atoms with Crippen LogP contribution < -0.4 is 0 Å². The van der Waals surface area contributed by atoms with Crippen molar-refractivity contribution in [3.63, 3.8) is 0 Å². The fourth-order valence-electron chi connectivity index (χ4n) is 7.37. The van der Waals surface area contributed by atoms with Crippen LogP contribution in [0.1, 0.15) is 0 Å². The van der Waals surface area contributed by atoms with Crippen LogP contribution in [0, 0.1) is 0 Å². The fourth-order valence-corrected chi connectivity index (χ4v) is 7.37. The van der Waals surface area contributed by atoms with E-state index in [1.54, 1.807) is 0 Å². The first-order valence-corrected chi connectivity index (χ1v) is 15.0. The molecule has 0 radical (unpaired) electrons. The largest absolute Gasteiger partial charge is 0.456 e. The molecule has 10 aromatic rings. The molecule has 2 heterocycles. The summed E-state index contributed by atoms with van der Waals surface area (Å²) in [4.78, 5) is 0. The highest BCUT2D eigenvalue weighted by molar-refractivity contribution is 6.28. The normalized spacial score (nSPS) is 12.1. The minimum atomic E-state index is 0.883. The number of hydrogen-bond donors (Lipinski definition) is 0. The van der Waals surface area contributed by atoms with Crippen molar-refractivity contribution < 1.29 is 8.83 Å². The molecule has 0 amide bonds. The third-order valence-corrected chi connectivity index (χ3v) is 9.24. The average Bonchev–Trinajstić information content (AvgIpc) is 3.69. The summed E-state index contributed by atoms with van der Waals surface area (Å²) in [6.45, 7) is 0. The van der Waals surface area contributed by atoms with Gasteiger partial charge in [-0.15, -0.1) is 0 Å². The second-order valence-electron chi connectivity index (χ2n) is 11.6. The second kappa shape index (κ2) is 8.82. The van der Waals surface area contributed by atoms with Crippen molar-refractivity contribution in [3.8, 4) is 22.5 Å². The molecule has 0 unspecified atom stereocenters. The van der Waals surface area contributed by atoms with Crippen molar-refractivity contribution in [1.82, 2.24) is 0 Å². The third-order valence-electron chi connectivity index (χ3n) is 9.24. The van der Waals surface area contributed by atoms with E-state index < -0.39 is 0 Å². The highest BCUT2D eigenvalue weighted by atomic mass is 16.3. The SMILES string of the molecule is c1ccc2c(c1)ccc1cc(-c3c4ccccc4c(-c4cccc5oc6ccc7ccccc7c6c45)c4ccccc34)oc12. The zero-order valence-electron chi connectivity index (χ0n) is 23.7. The lowest BCUT2D eigenvalue weighted by Gasteiger charge is -2.17. The molecule has 2 nitrogen and oxygen atoms in total. The maximum absolute atomic E-state index is 6.78. The van der Waals surface area contributed by atoms with E-state index >= 15 is 0 Å². The van der Waals surface area contributed by atoms with Gasteiger partial charge in [0.2, 0.25) is 0 Å². The number of fused-ring (bicyclic) bond motifs is 10. The summed E-state index contributed by atoms with van der Waals surface area (Å²) >= 11 is 0. The van der Waals surface area contributed by atoms with E-state index in [4.69, 9.17) is 8.83 Å². The minimum absolute atomic E-state index is 0.883. The molecule has 0 atom stereocenters. The molecule has 0 aliphatic carbocycles. The zero-order valence-corrected chi connectivity index (χ0v) is 23.7. The Hall–Kier alpha value is -5.86. The number of hydrogen-bond acceptors (Lipinski definition) is 2. The summed E-state index contributed by atoms with van der Waals surface area (Å²) in [5.74, 6) is 0.883. The van der Waals surface area contributed by atoms with E-state index in [0.717, 1.165) is 49.6 Å². The van der Waals surface area contributed by atoms with E-state index in [0.29, 0.717) is 0 Å². The Balaban J connectivity index is 1.36. The lowest BCUT2D eigenvalue weighted by molar-refractivity contribution is 0.636. The number of rotatable bonds is 2. The zero-order chi connectivity index (χ0) is 28.8. The summed E-state index contributed by atoms with van der Waals surface area (Å²) in [5.41, 5.74) is 6.24. The highest BCUT2D eigenvalue weighted by Gasteiger charge is 2.22. The van der Waals surface area contributed by atoms with Crippen LogP contribution in [0.25, 0.3) is 98.4 Å². The fraction of sp³-hybridized carbons (Fsp3) is 0. The van der Waals surface area contributed by atoms with Crippen molar-refractivity contribution in [2.24, 2.45) is 0 Å². The van der Waals surface area contributed by atoms with E-state index in [1.807, 2.05) is 0 Å². The van der Waals surface area contributed by atoms with Gasteiger partial charge in [-0.1, -0.05) is 127 Å². The highest BCUT2D eigenvalue weighted by Crippen LogP contribution is 2.48. The Morgan fingerprint density at radius 3 is 1.61 bits per heavy atom. The van der Waals surface area contributed by atoms with E-state index in [1.165, 1.54) is 48.8 Å². The van der Waals surface area contributed by atoms with Crippen LogP contribution in [0.4, 0.5) is 0 Å². The van der Waals surface area contributed by atoms with Crippen LogP contribution in [-0.2, 0) is 0 Å². The summed E-state index contributed by atoms with van der Waals surface area (Å²) in [7, 11) is 0. The summed E-state index contributed by atoms with van der Waals surface area (Å²) in [6.07, 6.45) is 0. The van der Waals surface area contributed by atoms with Gasteiger partial charge in [0, 0.05) is 27.1 Å². The summed E-state index contributed by atoms with van der Waals surface area (Å²) < 4.78 is 13.3. The van der Waals surface area contributed by atoms with Crippen molar-refractivity contribution in [2.75, 3.05) is 0 Å². The predicted molar refractivity (Wildman–Crippen MR) is 184 cm³/mol. The van der Waals surface area contributed by atoms with Crippen LogP contribution in [0.2, 0.25) is 0 Å². The van der Waals surface area contributed by atoms with E-state index in [2.05, 4.69) is 146 Å². The summed E-state index contributed by atoms with van der Waals surface area (Å²) in [6, 6.07) is 51.8. The first-order valence-electron chi connectivity index (χ1n) is 15.0. The maximum atomic E-state index is 6.78. The molecule has 204 valence electrons. The molecule has 2 aromatic heterocycles. The Labute approximate surface area is 252 Å². The van der Waals surface area contributed by atoms with E-state index in [9.17, 15) is 0 Å². The molecular formula is C42H24O2. The van der Waals surface area contributed by atoms with Crippen LogP contribution in [0.5, 0.6) is 0 Å². The van der Waals surface area contributed by atoms with Crippen LogP contribution in [0.3, 0.4) is 0 Å². The Bertz CT molecular complexity index is 2720. The van der Waals surface area contributed by atoms with Crippen molar-refractivity contribution in [2.45, 2.75) is 0 Å². The molecule has 2 heteroatoms. The molecule has 0 saturated carbocycles. The molecule has 8 aromatic carbocycles. The van der Waals surface area contributed by atoms with Gasteiger partial charge in [-0.05, 0) is 67.0 Å². The van der Waals surface area contributed by atoms with Gasteiger partial charge in [0.15, 0.2) is 0 Å². The maximum Gasteiger partial charge on any atom is 0.142 e. The molecule has 0 aliphatic heterocycles. The molecule has 0 bridgehead atoms. The van der Waals surface area contributed by atoms with Crippen LogP contribution in [0.15, 0.2) is 154 Å². The Morgan fingerprint density at radius 1 is 0.341 bits per heavy atom. The van der Waals surface area contributed by atoms with Crippen molar-refractivity contribution >= 4 is 76.0 Å². The number of furan rings is 2. The van der Waals surface area contributed by atoms with Gasteiger partial charge in [0.1, 0.15) is 22.5 Å². The quantitative estimate of drug-likeness (QED) is 0.197. The monoisotopic (exact) mass is 560 g/mol. The lowest BCUT2D eigenvalue weighted by Crippen LogP contribution is -1.90.